The fraction of sp³-hybridized carbons (Fsp3) is 0.522. The van der Waals surface area contributed by atoms with Gasteiger partial charge in [-0.25, -0.2) is 4.98 Å². The van der Waals surface area contributed by atoms with Crippen molar-refractivity contribution in [2.24, 2.45) is 0 Å². The van der Waals surface area contributed by atoms with Crippen LogP contribution in [0.1, 0.15) is 34.5 Å². The van der Waals surface area contributed by atoms with E-state index in [2.05, 4.69) is 58.7 Å². The Bertz CT molecular complexity index is 1010. The average Bonchev–Trinajstić information content (AvgIpc) is 3.30. The number of thiazole rings is 1. The molecule has 162 valence electrons. The minimum atomic E-state index is 0.218. The van der Waals surface area contributed by atoms with E-state index < -0.39 is 0 Å². The molecule has 6 nitrogen and oxygen atoms in total. The number of methoxy groups -OCH3 is 1. The molecule has 1 aliphatic heterocycles. The number of imidazole rings is 1. The number of hydrogen-bond donors (Lipinski definition) is 1. The number of rotatable bonds is 7. The van der Waals surface area contributed by atoms with Crippen molar-refractivity contribution in [3.05, 3.63) is 51.8 Å². The summed E-state index contributed by atoms with van der Waals surface area (Å²) in [5.41, 5.74) is 6.25. The van der Waals surface area contributed by atoms with Gasteiger partial charge in [0.1, 0.15) is 5.75 Å². The monoisotopic (exact) mass is 428 g/mol. The van der Waals surface area contributed by atoms with Crippen LogP contribution in [0, 0.1) is 20.8 Å². The van der Waals surface area contributed by atoms with Gasteiger partial charge in [0, 0.05) is 56.9 Å². The van der Waals surface area contributed by atoms with Gasteiger partial charge in [0.25, 0.3) is 0 Å². The van der Waals surface area contributed by atoms with Crippen molar-refractivity contribution < 1.29 is 9.84 Å². The second-order valence-corrected chi connectivity index (χ2v) is 9.12. The van der Waals surface area contributed by atoms with E-state index in [-0.39, 0.29) is 6.61 Å². The molecule has 7 heteroatoms. The topological polar surface area (TPSA) is 53.2 Å². The number of ether oxygens (including phenoxy) is 1. The third kappa shape index (κ3) is 4.12. The molecule has 1 aliphatic rings. The summed E-state index contributed by atoms with van der Waals surface area (Å²) in [5, 5.41) is 11.8. The van der Waals surface area contributed by atoms with Gasteiger partial charge < -0.3 is 9.84 Å². The smallest absolute Gasteiger partial charge is 0.194 e. The summed E-state index contributed by atoms with van der Waals surface area (Å²) in [7, 11) is 1.73. The standard InChI is InChI=1S/C23H32N4O2S/c1-16-17(2)22(29-4)6-5-19(16)13-26-9-8-25(14-20(26)7-11-28)15-21-18(3)24-23-27(21)10-12-30-23/h5-6,10,12,20,28H,7-9,11,13-15H2,1-4H3/t20-/m0/s1. The van der Waals surface area contributed by atoms with Crippen LogP contribution in [0.2, 0.25) is 0 Å². The molecule has 1 saturated heterocycles. The molecule has 1 atom stereocenters. The van der Waals surface area contributed by atoms with E-state index in [0.29, 0.717) is 6.04 Å². The molecule has 0 unspecified atom stereocenters. The Labute approximate surface area is 182 Å². The Kier molecular flexibility index (Phi) is 6.43. The van der Waals surface area contributed by atoms with Crippen molar-refractivity contribution in [1.82, 2.24) is 19.2 Å². The molecular weight excluding hydrogens is 396 g/mol. The van der Waals surface area contributed by atoms with Gasteiger partial charge in [0.2, 0.25) is 0 Å². The molecule has 1 aromatic carbocycles. The minimum absolute atomic E-state index is 0.218. The Morgan fingerprint density at radius 2 is 2.00 bits per heavy atom. The average molecular weight is 429 g/mol. The van der Waals surface area contributed by atoms with Crippen LogP contribution in [0.25, 0.3) is 4.96 Å². The fourth-order valence-corrected chi connectivity index (χ4v) is 5.32. The van der Waals surface area contributed by atoms with E-state index in [1.165, 1.54) is 22.4 Å². The zero-order valence-corrected chi connectivity index (χ0v) is 19.2. The lowest BCUT2D eigenvalue weighted by Gasteiger charge is -2.41. The van der Waals surface area contributed by atoms with Gasteiger partial charge in [-0.05, 0) is 49.9 Å². The van der Waals surface area contributed by atoms with Crippen LogP contribution >= 0.6 is 11.3 Å². The highest BCUT2D eigenvalue weighted by Gasteiger charge is 2.28. The van der Waals surface area contributed by atoms with Crippen LogP contribution in [0.4, 0.5) is 0 Å². The lowest BCUT2D eigenvalue weighted by atomic mass is 10.00. The molecule has 3 aromatic rings. The number of fused-ring (bicyclic) bond motifs is 1. The Morgan fingerprint density at radius 1 is 1.17 bits per heavy atom. The third-order valence-corrected chi connectivity index (χ3v) is 7.29. The first-order valence-corrected chi connectivity index (χ1v) is 11.5. The van der Waals surface area contributed by atoms with Crippen LogP contribution in [0.3, 0.4) is 0 Å². The highest BCUT2D eigenvalue weighted by atomic mass is 32.1. The summed E-state index contributed by atoms with van der Waals surface area (Å²) < 4.78 is 7.69. The highest BCUT2D eigenvalue weighted by molar-refractivity contribution is 7.15. The number of aliphatic hydroxyl groups is 1. The van der Waals surface area contributed by atoms with E-state index in [1.54, 1.807) is 18.4 Å². The molecule has 0 saturated carbocycles. The van der Waals surface area contributed by atoms with Gasteiger partial charge in [-0.15, -0.1) is 11.3 Å². The van der Waals surface area contributed by atoms with Gasteiger partial charge in [-0.2, -0.15) is 0 Å². The van der Waals surface area contributed by atoms with E-state index >= 15 is 0 Å². The SMILES string of the molecule is COc1ccc(CN2CCN(Cc3c(C)nc4sccn34)C[C@@H]2CCO)c(C)c1C. The molecule has 4 rings (SSSR count). The molecule has 1 fully saturated rings. The maximum absolute atomic E-state index is 9.70. The predicted molar refractivity (Wildman–Crippen MR) is 121 cm³/mol. The number of piperazine rings is 1. The lowest BCUT2D eigenvalue weighted by Crippen LogP contribution is -2.52. The summed E-state index contributed by atoms with van der Waals surface area (Å²) in [4.78, 5) is 10.8. The molecule has 30 heavy (non-hydrogen) atoms. The fourth-order valence-electron chi connectivity index (χ4n) is 4.54. The Morgan fingerprint density at radius 3 is 2.77 bits per heavy atom. The molecule has 0 radical (unpaired) electrons. The predicted octanol–water partition coefficient (Wildman–Crippen LogP) is 3.40. The molecule has 0 spiro atoms. The Hall–Kier alpha value is -1.93. The van der Waals surface area contributed by atoms with E-state index in [0.717, 1.165) is 55.5 Å². The number of hydrogen-bond acceptors (Lipinski definition) is 6. The molecular formula is C23H32N4O2S. The zero-order chi connectivity index (χ0) is 21.3. The molecule has 0 aliphatic carbocycles. The van der Waals surface area contributed by atoms with Gasteiger partial charge in [-0.3, -0.25) is 14.2 Å². The highest BCUT2D eigenvalue weighted by Crippen LogP contribution is 2.27. The quantitative estimate of drug-likeness (QED) is 0.625. The van der Waals surface area contributed by atoms with Gasteiger partial charge in [-0.1, -0.05) is 6.07 Å². The first kappa shape index (κ1) is 21.3. The lowest BCUT2D eigenvalue weighted by molar-refractivity contribution is 0.0490. The van der Waals surface area contributed by atoms with Gasteiger partial charge in [0.15, 0.2) is 4.96 Å². The maximum atomic E-state index is 9.70. The van der Waals surface area contributed by atoms with Crippen LogP contribution in [-0.2, 0) is 13.1 Å². The van der Waals surface area contributed by atoms with Gasteiger partial charge >= 0.3 is 0 Å². The number of aryl methyl sites for hydroxylation is 1. The second-order valence-electron chi connectivity index (χ2n) is 8.25. The van der Waals surface area contributed by atoms with Crippen LogP contribution < -0.4 is 4.74 Å². The van der Waals surface area contributed by atoms with Crippen molar-refractivity contribution in [2.75, 3.05) is 33.4 Å². The number of benzene rings is 1. The Balaban J connectivity index is 1.48. The number of aliphatic hydroxyl groups excluding tert-OH is 1. The van der Waals surface area contributed by atoms with Crippen molar-refractivity contribution >= 4 is 16.3 Å². The van der Waals surface area contributed by atoms with Crippen molar-refractivity contribution in [3.8, 4) is 5.75 Å². The summed E-state index contributed by atoms with van der Waals surface area (Å²) in [5.74, 6) is 0.948. The summed E-state index contributed by atoms with van der Waals surface area (Å²) in [6, 6.07) is 4.60. The number of aromatic nitrogens is 2. The summed E-state index contributed by atoms with van der Waals surface area (Å²) in [6.45, 7) is 11.4. The van der Waals surface area contributed by atoms with Crippen LogP contribution in [0.5, 0.6) is 5.75 Å². The molecule has 0 bridgehead atoms. The second kappa shape index (κ2) is 9.06. The molecule has 2 aromatic heterocycles. The normalized spacial score (nSPS) is 18.4. The summed E-state index contributed by atoms with van der Waals surface area (Å²) >= 11 is 1.68. The maximum Gasteiger partial charge on any atom is 0.194 e. The van der Waals surface area contributed by atoms with Crippen LogP contribution in [0.15, 0.2) is 23.7 Å². The first-order chi connectivity index (χ1) is 14.5. The molecule has 3 heterocycles. The minimum Gasteiger partial charge on any atom is -0.496 e. The van der Waals surface area contributed by atoms with Gasteiger partial charge in [0.05, 0.1) is 18.5 Å². The molecule has 1 N–H and O–H groups in total. The van der Waals surface area contributed by atoms with Crippen molar-refractivity contribution in [3.63, 3.8) is 0 Å². The summed E-state index contributed by atoms with van der Waals surface area (Å²) in [6.07, 6.45) is 2.91. The molecule has 0 amide bonds. The van der Waals surface area contributed by atoms with E-state index in [1.807, 2.05) is 0 Å². The van der Waals surface area contributed by atoms with Crippen molar-refractivity contribution in [1.29, 1.82) is 0 Å². The largest absolute Gasteiger partial charge is 0.496 e. The first-order valence-electron chi connectivity index (χ1n) is 10.6. The third-order valence-electron chi connectivity index (χ3n) is 6.53. The van der Waals surface area contributed by atoms with Crippen LogP contribution in [-0.4, -0.2) is 63.7 Å². The number of nitrogens with zero attached hydrogens (tertiary/aromatic N) is 4. The van der Waals surface area contributed by atoms with Crippen molar-refractivity contribution in [2.45, 2.75) is 46.3 Å². The van der Waals surface area contributed by atoms with E-state index in [9.17, 15) is 5.11 Å². The van der Waals surface area contributed by atoms with E-state index in [4.69, 9.17) is 9.72 Å². The zero-order valence-electron chi connectivity index (χ0n) is 18.4.